The first-order valence-electron chi connectivity index (χ1n) is 15.6. The van der Waals surface area contributed by atoms with E-state index in [1.807, 2.05) is 0 Å². The van der Waals surface area contributed by atoms with E-state index in [-0.39, 0.29) is 37.0 Å². The van der Waals surface area contributed by atoms with Crippen LogP contribution in [0.25, 0.3) is 22.5 Å². The molecule has 2 aromatic heterocycles. The lowest BCUT2D eigenvalue weighted by Crippen LogP contribution is -2.35. The molecular weight excluding hydrogens is 717 g/mol. The van der Waals surface area contributed by atoms with Gasteiger partial charge in [0.15, 0.2) is 11.4 Å². The van der Waals surface area contributed by atoms with Crippen LogP contribution in [0, 0.1) is 0 Å². The molecule has 0 saturated carbocycles. The molecule has 280 valence electrons. The highest BCUT2D eigenvalue weighted by Crippen LogP contribution is 2.45. The van der Waals surface area contributed by atoms with Crippen molar-refractivity contribution in [3.63, 3.8) is 0 Å². The number of aromatic nitrogens is 6. The third-order valence-electron chi connectivity index (χ3n) is 7.62. The number of tetrazole rings is 1. The van der Waals surface area contributed by atoms with Crippen LogP contribution in [0.2, 0.25) is 0 Å². The number of halogens is 5. The van der Waals surface area contributed by atoms with E-state index in [0.29, 0.717) is 34.2 Å². The highest BCUT2D eigenvalue weighted by Gasteiger charge is 2.62. The Balaban J connectivity index is 1.33. The summed E-state index contributed by atoms with van der Waals surface area (Å²) in [6.07, 6.45) is -7.96. The molecule has 1 atom stereocenters. The van der Waals surface area contributed by atoms with E-state index in [2.05, 4.69) is 25.2 Å². The molecule has 0 aliphatic rings. The molecule has 5 aromatic rings. The largest absolute Gasteiger partial charge is 0.515 e. The number of rotatable bonds is 14. The van der Waals surface area contributed by atoms with E-state index in [1.165, 1.54) is 19.1 Å². The number of hydrogen-bond donors (Lipinski definition) is 3. The molecule has 0 aliphatic carbocycles. The van der Waals surface area contributed by atoms with Gasteiger partial charge in [-0.25, -0.2) is 19.4 Å². The van der Waals surface area contributed by atoms with Gasteiger partial charge in [-0.2, -0.15) is 22.0 Å². The molecule has 0 fully saturated rings. The summed E-state index contributed by atoms with van der Waals surface area (Å²) in [7, 11) is 0. The number of alkyl halides is 5. The first-order chi connectivity index (χ1) is 25.1. The van der Waals surface area contributed by atoms with E-state index in [4.69, 9.17) is 19.9 Å². The van der Waals surface area contributed by atoms with Crippen molar-refractivity contribution < 1.29 is 61.4 Å². The molecule has 5 rings (SSSR count). The SMILES string of the molecule is CCCc1nc(C(F)(F)C(F)(F)F)c(C(=O)O)n1Cc1ccc(-c2ccccc2-c2nnn(C(C)OC(=O)Oc3cccc(CON(O)O)c3)n2)cc1. The number of benzene rings is 3. The van der Waals surface area contributed by atoms with Gasteiger partial charge in [0.25, 0.3) is 0 Å². The van der Waals surface area contributed by atoms with E-state index in [1.54, 1.807) is 67.6 Å². The van der Waals surface area contributed by atoms with Crippen LogP contribution in [0.5, 0.6) is 5.75 Å². The average Bonchev–Trinajstić information content (AvgIpc) is 3.74. The van der Waals surface area contributed by atoms with Crippen LogP contribution in [0.3, 0.4) is 0 Å². The van der Waals surface area contributed by atoms with Crippen molar-refractivity contribution >= 4 is 12.1 Å². The van der Waals surface area contributed by atoms with Crippen LogP contribution in [0.15, 0.2) is 72.8 Å². The summed E-state index contributed by atoms with van der Waals surface area (Å²) < 4.78 is 79.8. The molecule has 3 N–H and O–H groups in total. The summed E-state index contributed by atoms with van der Waals surface area (Å²) in [5.74, 6) is -7.45. The summed E-state index contributed by atoms with van der Waals surface area (Å²) in [6.45, 7) is 2.54. The first kappa shape index (κ1) is 38.4. The van der Waals surface area contributed by atoms with Gasteiger partial charge in [-0.05, 0) is 52.9 Å². The zero-order valence-corrected chi connectivity index (χ0v) is 27.7. The lowest BCUT2D eigenvalue weighted by molar-refractivity contribution is -0.497. The summed E-state index contributed by atoms with van der Waals surface area (Å²) in [4.78, 5) is 33.5. The lowest BCUT2D eigenvalue weighted by Gasteiger charge is -2.18. The Labute approximate surface area is 296 Å². The molecule has 2 heterocycles. The van der Waals surface area contributed by atoms with Crippen LogP contribution in [-0.4, -0.2) is 69.0 Å². The van der Waals surface area contributed by atoms with Gasteiger partial charge in [-0.3, -0.25) is 10.4 Å². The molecule has 0 radical (unpaired) electrons. The van der Waals surface area contributed by atoms with Gasteiger partial charge in [0.05, 0.1) is 12.0 Å². The fourth-order valence-electron chi connectivity index (χ4n) is 5.18. The van der Waals surface area contributed by atoms with Gasteiger partial charge in [0, 0.05) is 18.5 Å². The minimum atomic E-state index is -6.05. The molecule has 20 heteroatoms. The Kier molecular flexibility index (Phi) is 11.5. The maximum atomic E-state index is 14.4. The van der Waals surface area contributed by atoms with Crippen molar-refractivity contribution in [2.24, 2.45) is 0 Å². The van der Waals surface area contributed by atoms with Gasteiger partial charge < -0.3 is 19.1 Å². The number of aromatic carboxylic acids is 1. The second kappa shape index (κ2) is 15.8. The second-order valence-electron chi connectivity index (χ2n) is 11.4. The van der Waals surface area contributed by atoms with Crippen LogP contribution in [-0.2, 0) is 35.1 Å². The maximum Gasteiger partial charge on any atom is 0.515 e. The van der Waals surface area contributed by atoms with Crippen molar-refractivity contribution in [1.29, 1.82) is 0 Å². The van der Waals surface area contributed by atoms with E-state index in [0.717, 1.165) is 9.36 Å². The number of aryl methyl sites for hydroxylation is 1. The third kappa shape index (κ3) is 8.80. The summed E-state index contributed by atoms with van der Waals surface area (Å²) in [6, 6.07) is 19.4. The fraction of sp³-hybridized carbons (Fsp3) is 0.273. The number of imidazole rings is 1. The molecule has 0 bridgehead atoms. The van der Waals surface area contributed by atoms with Crippen LogP contribution >= 0.6 is 0 Å². The molecule has 53 heavy (non-hydrogen) atoms. The summed E-state index contributed by atoms with van der Waals surface area (Å²) in [5.41, 5.74) is -0.511. The summed E-state index contributed by atoms with van der Waals surface area (Å²) >= 11 is 0. The number of hydrogen-bond acceptors (Lipinski definition) is 12. The Hall–Kier alpha value is -5.83. The lowest BCUT2D eigenvalue weighted by atomic mass is 9.98. The van der Waals surface area contributed by atoms with E-state index >= 15 is 0 Å². The van der Waals surface area contributed by atoms with Crippen molar-refractivity contribution in [3.8, 4) is 28.3 Å². The Bertz CT molecular complexity index is 2070. The van der Waals surface area contributed by atoms with E-state index < -0.39 is 47.2 Å². The van der Waals surface area contributed by atoms with Gasteiger partial charge >= 0.3 is 24.2 Å². The number of carboxylic acids is 1. The molecule has 0 aliphatic heterocycles. The highest BCUT2D eigenvalue weighted by atomic mass is 19.4. The quantitative estimate of drug-likeness (QED) is 0.0466. The molecule has 0 spiro atoms. The van der Waals surface area contributed by atoms with Crippen LogP contribution < -0.4 is 4.74 Å². The molecule has 0 amide bonds. The number of carbonyl (C=O) groups excluding carboxylic acids is 1. The second-order valence-corrected chi connectivity index (χ2v) is 11.4. The Morgan fingerprint density at radius 3 is 2.28 bits per heavy atom. The van der Waals surface area contributed by atoms with Gasteiger partial charge in [-0.1, -0.05) is 67.6 Å². The minimum Gasteiger partial charge on any atom is -0.477 e. The predicted octanol–water partition coefficient (Wildman–Crippen LogP) is 6.80. The van der Waals surface area contributed by atoms with Gasteiger partial charge in [0.1, 0.15) is 11.6 Å². The zero-order chi connectivity index (χ0) is 38.5. The third-order valence-corrected chi connectivity index (χ3v) is 7.62. The van der Waals surface area contributed by atoms with Crippen molar-refractivity contribution in [2.45, 2.75) is 58.2 Å². The standard InChI is InChI=1S/C33H30F5N7O8/c1-3-7-26-39-28(32(34,35)33(36,37)38)27(30(46)47)43(26)17-20-12-14-22(15-13-20)24-10-4-5-11-25(24)29-40-42-44(41-29)19(2)52-31(48)53-23-9-6-8-21(16-23)18-51-45(49)50/h4-6,8-16,19,49-50H,3,7,17-18H2,1-2H3,(H,46,47). The zero-order valence-electron chi connectivity index (χ0n) is 27.7. The van der Waals surface area contributed by atoms with Crippen LogP contribution in [0.1, 0.15) is 59.6 Å². The topological polar surface area (TPSA) is 187 Å². The molecule has 0 saturated heterocycles. The molecule has 1 unspecified atom stereocenters. The molecule has 3 aromatic carbocycles. The smallest absolute Gasteiger partial charge is 0.477 e. The highest BCUT2D eigenvalue weighted by molar-refractivity contribution is 5.87. The first-order valence-corrected chi connectivity index (χ1v) is 15.6. The summed E-state index contributed by atoms with van der Waals surface area (Å²) in [5, 5.41) is 39.1. The molecular formula is C33H30F5N7O8. The number of ether oxygens (including phenoxy) is 2. The molecule has 15 nitrogen and oxygen atoms in total. The van der Waals surface area contributed by atoms with Crippen molar-refractivity contribution in [3.05, 3.63) is 101 Å². The van der Waals surface area contributed by atoms with Gasteiger partial charge in [-0.15, -0.1) is 15.0 Å². The normalized spacial score (nSPS) is 12.6. The van der Waals surface area contributed by atoms with Gasteiger partial charge in [0.2, 0.25) is 12.1 Å². The Morgan fingerprint density at radius 1 is 0.943 bits per heavy atom. The van der Waals surface area contributed by atoms with Crippen LogP contribution in [0.4, 0.5) is 26.7 Å². The number of carboxylic acid groups (broad SMARTS) is 1. The fourth-order valence-corrected chi connectivity index (χ4v) is 5.18. The Morgan fingerprint density at radius 2 is 1.64 bits per heavy atom. The predicted molar refractivity (Wildman–Crippen MR) is 169 cm³/mol. The van der Waals surface area contributed by atoms with E-state index in [9.17, 15) is 36.6 Å². The number of nitrogens with zero attached hydrogens (tertiary/aromatic N) is 7. The average molecular weight is 748 g/mol. The maximum absolute atomic E-state index is 14.4. The monoisotopic (exact) mass is 747 g/mol. The number of carbonyl (C=O) groups is 2. The minimum absolute atomic E-state index is 0.0425. The van der Waals surface area contributed by atoms with Crippen molar-refractivity contribution in [1.82, 2.24) is 35.1 Å². The van der Waals surface area contributed by atoms with Crippen molar-refractivity contribution in [2.75, 3.05) is 0 Å².